The number of H-pyrrole nitrogens is 1. The van der Waals surface area contributed by atoms with E-state index in [1.807, 2.05) is 18.3 Å². The van der Waals surface area contributed by atoms with Gasteiger partial charge >= 0.3 is 0 Å². The number of hydrogen-bond donors (Lipinski definition) is 4. The summed E-state index contributed by atoms with van der Waals surface area (Å²) in [5, 5.41) is 8.87. The molecule has 8 nitrogen and oxygen atoms in total. The number of piperazine rings is 1. The molecule has 3 aromatic rings. The fourth-order valence-electron chi connectivity index (χ4n) is 4.43. The minimum absolute atomic E-state index is 0.00712. The molecule has 0 saturated carbocycles. The predicted molar refractivity (Wildman–Crippen MR) is 134 cm³/mol. The average Bonchev–Trinajstić information content (AvgIpc) is 3.33. The molecule has 1 aliphatic heterocycles. The van der Waals surface area contributed by atoms with Crippen LogP contribution < -0.4 is 16.4 Å². The number of benzene rings is 2. The van der Waals surface area contributed by atoms with Crippen molar-refractivity contribution in [2.45, 2.75) is 38.1 Å². The first kappa shape index (κ1) is 23.9. The number of rotatable bonds is 11. The van der Waals surface area contributed by atoms with Gasteiger partial charge in [-0.3, -0.25) is 14.5 Å². The van der Waals surface area contributed by atoms with Crippen molar-refractivity contribution in [1.29, 1.82) is 0 Å². The van der Waals surface area contributed by atoms with E-state index in [0.717, 1.165) is 68.9 Å². The molecule has 2 amide bonds. The Labute approximate surface area is 200 Å². The molecule has 1 fully saturated rings. The number of hydrogen-bond acceptors (Lipinski definition) is 5. The number of fused-ring (bicyclic) bond motifs is 1. The van der Waals surface area contributed by atoms with Gasteiger partial charge in [0.15, 0.2) is 0 Å². The Balaban J connectivity index is 1.44. The van der Waals surface area contributed by atoms with Crippen molar-refractivity contribution in [2.75, 3.05) is 32.7 Å². The van der Waals surface area contributed by atoms with E-state index < -0.39 is 0 Å². The number of amides is 2. The number of imidazole rings is 1. The molecule has 0 spiro atoms. The Morgan fingerprint density at radius 3 is 2.65 bits per heavy atom. The van der Waals surface area contributed by atoms with Crippen molar-refractivity contribution in [3.8, 4) is 11.3 Å². The highest BCUT2D eigenvalue weighted by molar-refractivity contribution is 5.86. The largest absolute Gasteiger partial charge is 0.370 e. The number of aromatic amines is 1. The van der Waals surface area contributed by atoms with Gasteiger partial charge in [-0.1, -0.05) is 49.2 Å². The topological polar surface area (TPSA) is 116 Å². The van der Waals surface area contributed by atoms with E-state index in [2.05, 4.69) is 55.8 Å². The maximum atomic E-state index is 12.8. The second kappa shape index (κ2) is 11.8. The summed E-state index contributed by atoms with van der Waals surface area (Å²) in [5.41, 5.74) is 7.24. The van der Waals surface area contributed by atoms with E-state index in [4.69, 9.17) is 5.73 Å². The van der Waals surface area contributed by atoms with Gasteiger partial charge in [-0.15, -0.1) is 0 Å². The van der Waals surface area contributed by atoms with E-state index in [9.17, 15) is 9.59 Å². The molecule has 2 heterocycles. The molecule has 1 aromatic heterocycles. The van der Waals surface area contributed by atoms with Gasteiger partial charge in [0.2, 0.25) is 11.8 Å². The van der Waals surface area contributed by atoms with Gasteiger partial charge in [0.1, 0.15) is 5.82 Å². The Morgan fingerprint density at radius 1 is 1.06 bits per heavy atom. The van der Waals surface area contributed by atoms with Crippen LogP contribution in [0.15, 0.2) is 48.7 Å². The van der Waals surface area contributed by atoms with Gasteiger partial charge in [-0.05, 0) is 29.7 Å². The van der Waals surface area contributed by atoms with Gasteiger partial charge in [-0.25, -0.2) is 4.98 Å². The summed E-state index contributed by atoms with van der Waals surface area (Å²) in [6.07, 6.45) is 5.49. The van der Waals surface area contributed by atoms with Gasteiger partial charge in [0.25, 0.3) is 0 Å². The van der Waals surface area contributed by atoms with Crippen LogP contribution in [0.5, 0.6) is 0 Å². The third kappa shape index (κ3) is 6.65. The molecular formula is C26H34N6O2. The summed E-state index contributed by atoms with van der Waals surface area (Å²) in [6.45, 7) is 3.95. The summed E-state index contributed by atoms with van der Waals surface area (Å²) in [7, 11) is 0. The lowest BCUT2D eigenvalue weighted by Crippen LogP contribution is -2.48. The number of aromatic nitrogens is 2. The Bertz CT molecular complexity index is 1110. The van der Waals surface area contributed by atoms with Crippen LogP contribution in [0.4, 0.5) is 0 Å². The molecule has 180 valence electrons. The molecule has 1 aliphatic rings. The molecule has 2 aromatic carbocycles. The predicted octanol–water partition coefficient (Wildman–Crippen LogP) is 2.73. The maximum Gasteiger partial charge on any atom is 0.234 e. The Hall–Kier alpha value is -3.23. The first-order chi connectivity index (χ1) is 16.6. The van der Waals surface area contributed by atoms with Crippen molar-refractivity contribution in [2.24, 2.45) is 5.73 Å². The fourth-order valence-corrected chi connectivity index (χ4v) is 4.43. The van der Waals surface area contributed by atoms with Crippen LogP contribution in [-0.2, 0) is 9.59 Å². The molecule has 34 heavy (non-hydrogen) atoms. The van der Waals surface area contributed by atoms with Crippen molar-refractivity contribution < 1.29 is 9.59 Å². The van der Waals surface area contributed by atoms with Crippen LogP contribution >= 0.6 is 0 Å². The van der Waals surface area contributed by atoms with Crippen molar-refractivity contribution in [1.82, 2.24) is 25.5 Å². The number of unbranched alkanes of at least 4 members (excludes halogenated alkanes) is 2. The number of primary amides is 1. The molecule has 8 heteroatoms. The number of nitrogens with two attached hydrogens (primary N) is 1. The Kier molecular flexibility index (Phi) is 8.27. The van der Waals surface area contributed by atoms with Crippen LogP contribution in [0.3, 0.4) is 0 Å². The lowest BCUT2D eigenvalue weighted by molar-refractivity contribution is -0.123. The summed E-state index contributed by atoms with van der Waals surface area (Å²) in [6, 6.07) is 14.4. The third-order valence-corrected chi connectivity index (χ3v) is 6.31. The second-order valence-electron chi connectivity index (χ2n) is 8.96. The number of carbonyl (C=O) groups is 2. The van der Waals surface area contributed by atoms with Gasteiger partial charge in [0.05, 0.1) is 24.5 Å². The molecule has 5 N–H and O–H groups in total. The third-order valence-electron chi connectivity index (χ3n) is 6.31. The lowest BCUT2D eigenvalue weighted by atomic mass is 10.1. The van der Waals surface area contributed by atoms with E-state index in [0.29, 0.717) is 13.0 Å². The smallest absolute Gasteiger partial charge is 0.234 e. The first-order valence-electron chi connectivity index (χ1n) is 12.1. The van der Waals surface area contributed by atoms with E-state index in [1.165, 1.54) is 10.8 Å². The summed E-state index contributed by atoms with van der Waals surface area (Å²) in [5.74, 6) is 0.492. The van der Waals surface area contributed by atoms with Crippen LogP contribution in [0.1, 0.15) is 44.0 Å². The molecule has 0 aliphatic carbocycles. The number of carbonyl (C=O) groups excluding carboxylic acids is 2. The normalized spacial score (nSPS) is 15.3. The van der Waals surface area contributed by atoms with Crippen molar-refractivity contribution >= 4 is 22.6 Å². The fraction of sp³-hybridized carbons (Fsp3) is 0.423. The van der Waals surface area contributed by atoms with Gasteiger partial charge in [-0.2, -0.15) is 0 Å². The highest BCUT2D eigenvalue weighted by Crippen LogP contribution is 2.25. The van der Waals surface area contributed by atoms with Crippen LogP contribution in [0, 0.1) is 0 Å². The summed E-state index contributed by atoms with van der Waals surface area (Å²) >= 11 is 0. The SMILES string of the molecule is NC(=O)CCCCC[C@H](NC(=O)CN1CCNCC1)c1ncc(-c2ccc3ccccc3c2)[nH]1. The minimum atomic E-state index is -0.271. The minimum Gasteiger partial charge on any atom is -0.370 e. The van der Waals surface area contributed by atoms with Gasteiger partial charge < -0.3 is 21.4 Å². The van der Waals surface area contributed by atoms with E-state index in [-0.39, 0.29) is 17.9 Å². The summed E-state index contributed by atoms with van der Waals surface area (Å²) < 4.78 is 0. The zero-order valence-corrected chi connectivity index (χ0v) is 19.6. The Morgan fingerprint density at radius 2 is 1.85 bits per heavy atom. The second-order valence-corrected chi connectivity index (χ2v) is 8.96. The summed E-state index contributed by atoms with van der Waals surface area (Å²) in [4.78, 5) is 34.1. The highest BCUT2D eigenvalue weighted by Gasteiger charge is 2.20. The van der Waals surface area contributed by atoms with Crippen molar-refractivity contribution in [3.05, 3.63) is 54.5 Å². The maximum absolute atomic E-state index is 12.8. The number of nitrogens with zero attached hydrogens (tertiary/aromatic N) is 2. The standard InChI is InChI=1S/C26H34N6O2/c27-24(33)9-3-1-2-8-22(30-25(34)18-32-14-12-28-13-15-32)26-29-17-23(31-26)21-11-10-19-6-4-5-7-20(19)16-21/h4-7,10-11,16-17,22,28H,1-3,8-9,12-15,18H2,(H2,27,33)(H,29,31)(H,30,34)/t22-/m0/s1. The molecule has 0 radical (unpaired) electrons. The first-order valence-corrected chi connectivity index (χ1v) is 12.1. The van der Waals surface area contributed by atoms with Crippen LogP contribution in [0.2, 0.25) is 0 Å². The molecule has 1 atom stereocenters. The number of nitrogens with one attached hydrogen (secondary N) is 3. The van der Waals surface area contributed by atoms with Crippen molar-refractivity contribution in [3.63, 3.8) is 0 Å². The van der Waals surface area contributed by atoms with Gasteiger partial charge in [0, 0.05) is 38.2 Å². The van der Waals surface area contributed by atoms with E-state index >= 15 is 0 Å². The zero-order valence-electron chi connectivity index (χ0n) is 19.6. The molecule has 0 bridgehead atoms. The van der Waals surface area contributed by atoms with Crippen LogP contribution in [0.25, 0.3) is 22.0 Å². The molecule has 4 rings (SSSR count). The molecule has 1 saturated heterocycles. The monoisotopic (exact) mass is 462 g/mol. The lowest BCUT2D eigenvalue weighted by Gasteiger charge is -2.27. The zero-order chi connectivity index (χ0) is 23.8. The average molecular weight is 463 g/mol. The van der Waals surface area contributed by atoms with Crippen LogP contribution in [-0.4, -0.2) is 59.4 Å². The highest BCUT2D eigenvalue weighted by atomic mass is 16.2. The van der Waals surface area contributed by atoms with E-state index in [1.54, 1.807) is 0 Å². The quantitative estimate of drug-likeness (QED) is 0.327. The molecule has 0 unspecified atom stereocenters. The molecular weight excluding hydrogens is 428 g/mol.